The van der Waals surface area contributed by atoms with Gasteiger partial charge in [-0.25, -0.2) is 9.59 Å². The van der Waals surface area contributed by atoms with Gasteiger partial charge < -0.3 is 10.2 Å². The van der Waals surface area contributed by atoms with Gasteiger partial charge in [-0.1, -0.05) is 38.7 Å². The minimum absolute atomic E-state index is 0.448. The van der Waals surface area contributed by atoms with Gasteiger partial charge in [-0.3, -0.25) is 4.89 Å². The maximum absolute atomic E-state index is 11.1. The molecule has 0 heterocycles. The molecule has 0 aliphatic heterocycles. The Bertz CT molecular complexity index is 305. The maximum atomic E-state index is 11.1. The summed E-state index contributed by atoms with van der Waals surface area (Å²) in [6.45, 7) is 2.15. The van der Waals surface area contributed by atoms with Crippen LogP contribution in [0.1, 0.15) is 51.9 Å². The van der Waals surface area contributed by atoms with Gasteiger partial charge in [-0.15, -0.1) is 0 Å². The molecular formula is C13H23NO6. The molecule has 0 fully saturated rings. The van der Waals surface area contributed by atoms with Crippen molar-refractivity contribution in [1.29, 1.82) is 0 Å². The van der Waals surface area contributed by atoms with Crippen molar-refractivity contribution in [2.45, 2.75) is 57.9 Å². The van der Waals surface area contributed by atoms with E-state index >= 15 is 0 Å². The lowest BCUT2D eigenvalue weighted by molar-refractivity contribution is -0.242. The van der Waals surface area contributed by atoms with Crippen LogP contribution in [0.3, 0.4) is 0 Å². The molecule has 7 heteroatoms. The third-order valence-corrected chi connectivity index (χ3v) is 2.74. The van der Waals surface area contributed by atoms with Crippen molar-refractivity contribution in [2.24, 2.45) is 0 Å². The van der Waals surface area contributed by atoms with E-state index in [0.717, 1.165) is 19.3 Å². The predicted octanol–water partition coefficient (Wildman–Crippen LogP) is 2.24. The van der Waals surface area contributed by atoms with Crippen molar-refractivity contribution in [3.8, 4) is 0 Å². The Kier molecular flexibility index (Phi) is 11.4. The monoisotopic (exact) mass is 289 g/mol. The van der Waals surface area contributed by atoms with Crippen LogP contribution in [0.2, 0.25) is 0 Å². The fourth-order valence-corrected chi connectivity index (χ4v) is 1.61. The first-order chi connectivity index (χ1) is 9.65. The molecule has 1 unspecified atom stereocenters. The van der Waals surface area contributed by atoms with E-state index in [1.54, 1.807) is 0 Å². The van der Waals surface area contributed by atoms with E-state index in [4.69, 9.17) is 10.5 Å². The molecular weight excluding hydrogens is 266 g/mol. The van der Waals surface area contributed by atoms with Crippen molar-refractivity contribution in [3.63, 3.8) is 0 Å². The summed E-state index contributed by atoms with van der Waals surface area (Å²) >= 11 is 0. The van der Waals surface area contributed by atoms with E-state index in [-0.39, 0.29) is 0 Å². The quantitative estimate of drug-likeness (QED) is 0.304. The zero-order chi connectivity index (χ0) is 15.2. The average molecular weight is 289 g/mol. The van der Waals surface area contributed by atoms with Gasteiger partial charge in [0.05, 0.1) is 6.42 Å². The van der Waals surface area contributed by atoms with Crippen LogP contribution in [0.25, 0.3) is 0 Å². The predicted molar refractivity (Wildman–Crippen MR) is 71.5 cm³/mol. The van der Waals surface area contributed by atoms with Crippen molar-refractivity contribution in [1.82, 2.24) is 5.32 Å². The molecule has 0 aromatic carbocycles. The second kappa shape index (κ2) is 12.4. The summed E-state index contributed by atoms with van der Waals surface area (Å²) in [7, 11) is 0. The summed E-state index contributed by atoms with van der Waals surface area (Å²) in [5, 5.41) is 19.0. The molecule has 3 N–H and O–H groups in total. The number of carbonyl (C=O) groups excluding carboxylic acids is 2. The van der Waals surface area contributed by atoms with Crippen LogP contribution in [0, 0.1) is 0 Å². The third kappa shape index (κ3) is 9.35. The van der Waals surface area contributed by atoms with E-state index in [0.29, 0.717) is 0 Å². The Morgan fingerprint density at radius 1 is 1.15 bits per heavy atom. The summed E-state index contributed by atoms with van der Waals surface area (Å²) in [6.07, 6.45) is 9.58. The minimum Gasteiger partial charge on any atom is -0.378 e. The van der Waals surface area contributed by atoms with E-state index < -0.39 is 24.4 Å². The number of allylic oxidation sites excluding steroid dienone is 1. The van der Waals surface area contributed by atoms with Gasteiger partial charge in [0.25, 0.3) is 0 Å². The van der Waals surface area contributed by atoms with E-state index in [2.05, 4.69) is 22.0 Å². The molecule has 0 spiro atoms. The zero-order valence-corrected chi connectivity index (χ0v) is 11.7. The highest BCUT2D eigenvalue weighted by molar-refractivity contribution is 5.82. The third-order valence-electron chi connectivity index (χ3n) is 2.74. The molecule has 116 valence electrons. The molecule has 20 heavy (non-hydrogen) atoms. The lowest BCUT2D eigenvalue weighted by Gasteiger charge is -2.11. The number of nitrogens with one attached hydrogen (secondary N) is 1. The fourth-order valence-electron chi connectivity index (χ4n) is 1.61. The van der Waals surface area contributed by atoms with Gasteiger partial charge in [0.2, 0.25) is 0 Å². The standard InChI is InChI=1S/C13H23NO6/c1-2-3-4-5-6-7-8-9-14-11(13(16)20-18)10-12(15)19-17/h8-9,11,14,17-18H,2-7,10H2,1H3. The highest BCUT2D eigenvalue weighted by atomic mass is 17.1. The molecule has 0 radical (unpaired) electrons. The van der Waals surface area contributed by atoms with Gasteiger partial charge in [-0.2, -0.15) is 10.5 Å². The molecule has 0 aromatic rings. The Labute approximate surface area is 118 Å². The van der Waals surface area contributed by atoms with Crippen molar-refractivity contribution < 1.29 is 29.9 Å². The molecule has 0 aliphatic rings. The van der Waals surface area contributed by atoms with E-state index in [1.165, 1.54) is 25.5 Å². The smallest absolute Gasteiger partial charge is 0.364 e. The van der Waals surface area contributed by atoms with Crippen molar-refractivity contribution in [3.05, 3.63) is 12.3 Å². The van der Waals surface area contributed by atoms with Crippen molar-refractivity contribution >= 4 is 11.9 Å². The number of carbonyl (C=O) groups is 2. The Morgan fingerprint density at radius 3 is 2.45 bits per heavy atom. The van der Waals surface area contributed by atoms with Crippen LogP contribution in [-0.4, -0.2) is 28.5 Å². The lowest BCUT2D eigenvalue weighted by Crippen LogP contribution is -2.36. The second-order valence-electron chi connectivity index (χ2n) is 4.40. The van der Waals surface area contributed by atoms with E-state index in [1.807, 2.05) is 6.08 Å². The molecule has 1 atom stereocenters. The van der Waals surface area contributed by atoms with Crippen LogP contribution in [0.15, 0.2) is 12.3 Å². The van der Waals surface area contributed by atoms with Crippen molar-refractivity contribution in [2.75, 3.05) is 0 Å². The summed E-state index contributed by atoms with van der Waals surface area (Å²) in [5.41, 5.74) is 0. The van der Waals surface area contributed by atoms with Crippen LogP contribution < -0.4 is 5.32 Å². The van der Waals surface area contributed by atoms with Crippen LogP contribution in [-0.2, 0) is 19.4 Å². The molecule has 0 aromatic heterocycles. The number of rotatable bonds is 11. The highest BCUT2D eigenvalue weighted by Gasteiger charge is 2.23. The number of unbranched alkanes of at least 4 members (excludes halogenated alkanes) is 5. The first-order valence-corrected chi connectivity index (χ1v) is 6.76. The topological polar surface area (TPSA) is 105 Å². The molecule has 7 nitrogen and oxygen atoms in total. The Hall–Kier alpha value is -1.60. The molecule has 0 amide bonds. The number of hydrogen-bond donors (Lipinski definition) is 3. The second-order valence-corrected chi connectivity index (χ2v) is 4.40. The zero-order valence-electron chi connectivity index (χ0n) is 11.7. The minimum atomic E-state index is -1.10. The Balaban J connectivity index is 3.94. The summed E-state index contributed by atoms with van der Waals surface area (Å²) in [5.74, 6) is -2.02. The lowest BCUT2D eigenvalue weighted by atomic mass is 10.1. The SMILES string of the molecule is CCCCCCCC=CNC(CC(=O)OO)C(=O)OO. The van der Waals surface area contributed by atoms with E-state index in [9.17, 15) is 9.59 Å². The Morgan fingerprint density at radius 2 is 1.85 bits per heavy atom. The maximum Gasteiger partial charge on any atom is 0.364 e. The first kappa shape index (κ1) is 18.4. The van der Waals surface area contributed by atoms with Crippen LogP contribution in [0.5, 0.6) is 0 Å². The van der Waals surface area contributed by atoms with Gasteiger partial charge in [-0.05, 0) is 19.0 Å². The van der Waals surface area contributed by atoms with Gasteiger partial charge in [0.15, 0.2) is 0 Å². The molecule has 0 bridgehead atoms. The summed E-state index contributed by atoms with van der Waals surface area (Å²) in [4.78, 5) is 29.0. The molecule has 0 aliphatic carbocycles. The van der Waals surface area contributed by atoms with Gasteiger partial charge in [0, 0.05) is 0 Å². The summed E-state index contributed by atoms with van der Waals surface area (Å²) < 4.78 is 0. The fraction of sp³-hybridized carbons (Fsp3) is 0.692. The van der Waals surface area contributed by atoms with Crippen LogP contribution >= 0.6 is 0 Å². The van der Waals surface area contributed by atoms with Gasteiger partial charge in [0.1, 0.15) is 6.04 Å². The van der Waals surface area contributed by atoms with Crippen LogP contribution in [0.4, 0.5) is 0 Å². The largest absolute Gasteiger partial charge is 0.378 e. The molecule has 0 saturated heterocycles. The first-order valence-electron chi connectivity index (χ1n) is 6.76. The normalized spacial score (nSPS) is 12.2. The highest BCUT2D eigenvalue weighted by Crippen LogP contribution is 2.05. The average Bonchev–Trinajstić information content (AvgIpc) is 2.47. The summed E-state index contributed by atoms with van der Waals surface area (Å²) in [6, 6.07) is -1.10. The molecule has 0 saturated carbocycles. The molecule has 0 rings (SSSR count). The number of hydrogen-bond acceptors (Lipinski definition) is 7. The van der Waals surface area contributed by atoms with Gasteiger partial charge >= 0.3 is 11.9 Å².